The first-order valence-corrected chi connectivity index (χ1v) is 9.33. The van der Waals surface area contributed by atoms with Crippen LogP contribution < -0.4 is 10.2 Å². The fourth-order valence-electron chi connectivity index (χ4n) is 2.95. The van der Waals surface area contributed by atoms with Crippen molar-refractivity contribution >= 4 is 33.7 Å². The summed E-state index contributed by atoms with van der Waals surface area (Å²) in [6, 6.07) is 9.89. The normalized spacial score (nSPS) is 13.2. The number of nitro groups is 1. The van der Waals surface area contributed by atoms with E-state index in [0.717, 1.165) is 23.7 Å². The lowest BCUT2D eigenvalue weighted by molar-refractivity contribution is -0.384. The van der Waals surface area contributed by atoms with Gasteiger partial charge in [-0.05, 0) is 58.8 Å². The lowest BCUT2D eigenvalue weighted by Gasteiger charge is -2.19. The Bertz CT molecular complexity index is 899. The van der Waals surface area contributed by atoms with Gasteiger partial charge >= 0.3 is 0 Å². The van der Waals surface area contributed by atoms with E-state index in [1.807, 2.05) is 12.1 Å². The van der Waals surface area contributed by atoms with Gasteiger partial charge in [-0.1, -0.05) is 18.2 Å². The number of amides is 1. The van der Waals surface area contributed by atoms with Crippen molar-refractivity contribution in [2.75, 3.05) is 6.61 Å². The van der Waals surface area contributed by atoms with Crippen LogP contribution in [-0.4, -0.2) is 23.7 Å². The highest BCUT2D eigenvalue weighted by Gasteiger charge is 2.16. The quantitative estimate of drug-likeness (QED) is 0.427. The minimum absolute atomic E-state index is 0.0362. The summed E-state index contributed by atoms with van der Waals surface area (Å²) in [4.78, 5) is 22.2. The molecule has 0 bridgehead atoms. The number of nitrogens with one attached hydrogen (secondary N) is 1. The third-order valence-corrected chi connectivity index (χ3v) is 5.14. The third-order valence-electron chi connectivity index (χ3n) is 4.27. The van der Waals surface area contributed by atoms with Crippen LogP contribution >= 0.6 is 15.9 Å². The summed E-state index contributed by atoms with van der Waals surface area (Å²) >= 11 is 3.58. The predicted molar refractivity (Wildman–Crippen MR) is 105 cm³/mol. The maximum Gasteiger partial charge on any atom is 0.277 e. The van der Waals surface area contributed by atoms with Gasteiger partial charge in [0.2, 0.25) is 0 Å². The van der Waals surface area contributed by atoms with Gasteiger partial charge in [0, 0.05) is 17.7 Å². The number of hydrogen-bond donors (Lipinski definition) is 1. The fourth-order valence-corrected chi connectivity index (χ4v) is 3.65. The van der Waals surface area contributed by atoms with Crippen LogP contribution in [0.1, 0.15) is 29.5 Å². The summed E-state index contributed by atoms with van der Waals surface area (Å²) in [7, 11) is 0. The molecule has 1 aliphatic carbocycles. The number of rotatable bonds is 6. The number of ether oxygens (including phenoxy) is 1. The van der Waals surface area contributed by atoms with Crippen molar-refractivity contribution in [2.24, 2.45) is 5.10 Å². The first-order chi connectivity index (χ1) is 13.0. The van der Waals surface area contributed by atoms with Crippen molar-refractivity contribution < 1.29 is 14.5 Å². The Morgan fingerprint density at radius 1 is 1.30 bits per heavy atom. The van der Waals surface area contributed by atoms with E-state index in [0.29, 0.717) is 11.3 Å². The Balaban J connectivity index is 1.54. The highest BCUT2D eigenvalue weighted by molar-refractivity contribution is 9.10. The average Bonchev–Trinajstić information content (AvgIpc) is 2.68. The number of fused-ring (bicyclic) bond motifs is 1. The van der Waals surface area contributed by atoms with E-state index in [-0.39, 0.29) is 12.3 Å². The highest BCUT2D eigenvalue weighted by Crippen LogP contribution is 2.35. The topological polar surface area (TPSA) is 93.8 Å². The molecule has 0 saturated carbocycles. The molecule has 0 atom stereocenters. The van der Waals surface area contributed by atoms with E-state index in [1.54, 1.807) is 12.1 Å². The van der Waals surface area contributed by atoms with Gasteiger partial charge in [-0.2, -0.15) is 5.10 Å². The number of carbonyl (C=O) groups excluding carboxylic acids is 1. The number of hydrogen-bond acceptors (Lipinski definition) is 5. The van der Waals surface area contributed by atoms with Crippen LogP contribution in [-0.2, 0) is 17.6 Å². The number of non-ortho nitro benzene ring substituents is 1. The molecule has 2 aromatic carbocycles. The molecule has 27 heavy (non-hydrogen) atoms. The minimum Gasteiger partial charge on any atom is -0.483 e. The molecule has 7 nitrogen and oxygen atoms in total. The molecule has 0 saturated heterocycles. The zero-order valence-electron chi connectivity index (χ0n) is 14.5. The standard InChI is InChI=1S/C19H18BrN3O4/c20-19-16-7-2-1-5-14(16)8-9-17(19)27-12-18(24)22-21-11-13-4-3-6-15(10-13)23(25)26/h3-4,6,8-11H,1-2,5,7,12H2,(H,22,24). The van der Waals surface area contributed by atoms with Crippen molar-refractivity contribution in [1.82, 2.24) is 5.43 Å². The number of benzene rings is 2. The van der Waals surface area contributed by atoms with E-state index >= 15 is 0 Å². The molecule has 0 aromatic heterocycles. The van der Waals surface area contributed by atoms with E-state index < -0.39 is 10.8 Å². The molecule has 8 heteroatoms. The average molecular weight is 432 g/mol. The lowest BCUT2D eigenvalue weighted by atomic mass is 9.92. The molecule has 0 spiro atoms. The first-order valence-electron chi connectivity index (χ1n) is 8.54. The van der Waals surface area contributed by atoms with E-state index in [9.17, 15) is 14.9 Å². The van der Waals surface area contributed by atoms with Crippen molar-refractivity contribution in [3.8, 4) is 5.75 Å². The largest absolute Gasteiger partial charge is 0.483 e. The summed E-state index contributed by atoms with van der Waals surface area (Å²) < 4.78 is 6.51. The van der Waals surface area contributed by atoms with Crippen LogP contribution in [0.4, 0.5) is 5.69 Å². The second kappa shape index (κ2) is 8.77. The maximum absolute atomic E-state index is 11.9. The molecular weight excluding hydrogens is 414 g/mol. The second-order valence-corrected chi connectivity index (χ2v) is 6.95. The van der Waals surface area contributed by atoms with E-state index in [2.05, 4.69) is 26.5 Å². The molecule has 1 amide bonds. The predicted octanol–water partition coefficient (Wildman–Crippen LogP) is 3.77. The van der Waals surface area contributed by atoms with Crippen LogP contribution in [0.3, 0.4) is 0 Å². The van der Waals surface area contributed by atoms with Gasteiger partial charge in [-0.15, -0.1) is 0 Å². The smallest absolute Gasteiger partial charge is 0.277 e. The molecule has 0 fully saturated rings. The molecule has 3 rings (SSSR count). The zero-order valence-corrected chi connectivity index (χ0v) is 16.1. The highest BCUT2D eigenvalue weighted by atomic mass is 79.9. The molecule has 2 aromatic rings. The molecule has 1 N–H and O–H groups in total. The van der Waals surface area contributed by atoms with Gasteiger partial charge in [-0.3, -0.25) is 14.9 Å². The van der Waals surface area contributed by atoms with Crippen molar-refractivity contribution in [2.45, 2.75) is 25.7 Å². The van der Waals surface area contributed by atoms with Gasteiger partial charge in [0.15, 0.2) is 6.61 Å². The number of nitro benzene ring substituents is 1. The van der Waals surface area contributed by atoms with Crippen LogP contribution in [0.5, 0.6) is 5.75 Å². The molecule has 0 aliphatic heterocycles. The Morgan fingerprint density at radius 2 is 2.11 bits per heavy atom. The van der Waals surface area contributed by atoms with E-state index in [1.165, 1.54) is 35.9 Å². The van der Waals surface area contributed by atoms with Crippen LogP contribution in [0.2, 0.25) is 0 Å². The van der Waals surface area contributed by atoms with Crippen LogP contribution in [0.25, 0.3) is 0 Å². The Labute approximate surface area is 164 Å². The van der Waals surface area contributed by atoms with Gasteiger partial charge in [0.1, 0.15) is 5.75 Å². The summed E-state index contributed by atoms with van der Waals surface area (Å²) in [5.74, 6) is 0.217. The van der Waals surface area contributed by atoms with Crippen LogP contribution in [0, 0.1) is 10.1 Å². The molecule has 0 heterocycles. The van der Waals surface area contributed by atoms with Crippen molar-refractivity contribution in [3.63, 3.8) is 0 Å². The summed E-state index contributed by atoms with van der Waals surface area (Å²) in [6.07, 6.45) is 5.78. The third kappa shape index (κ3) is 4.91. The van der Waals surface area contributed by atoms with Crippen molar-refractivity contribution in [1.29, 1.82) is 0 Å². The Morgan fingerprint density at radius 3 is 2.93 bits per heavy atom. The van der Waals surface area contributed by atoms with Gasteiger partial charge in [-0.25, -0.2) is 5.43 Å². The summed E-state index contributed by atoms with van der Waals surface area (Å²) in [5.41, 5.74) is 5.41. The van der Waals surface area contributed by atoms with Gasteiger partial charge in [0.05, 0.1) is 15.6 Å². The maximum atomic E-state index is 11.9. The minimum atomic E-state index is -0.486. The Kier molecular flexibility index (Phi) is 6.18. The molecule has 1 aliphatic rings. The summed E-state index contributed by atoms with van der Waals surface area (Å²) in [6.45, 7) is -0.177. The van der Waals surface area contributed by atoms with Crippen molar-refractivity contribution in [3.05, 3.63) is 67.7 Å². The summed E-state index contributed by atoms with van der Waals surface area (Å²) in [5, 5.41) is 14.6. The number of halogens is 1. The van der Waals surface area contributed by atoms with Gasteiger partial charge < -0.3 is 4.74 Å². The molecule has 0 radical (unpaired) electrons. The number of aryl methyl sites for hydroxylation is 1. The lowest BCUT2D eigenvalue weighted by Crippen LogP contribution is -2.24. The van der Waals surface area contributed by atoms with Crippen LogP contribution in [0.15, 0.2) is 46.0 Å². The fraction of sp³-hybridized carbons (Fsp3) is 0.263. The number of carbonyl (C=O) groups is 1. The number of hydrazone groups is 1. The molecular formula is C19H18BrN3O4. The van der Waals surface area contributed by atoms with E-state index in [4.69, 9.17) is 4.74 Å². The molecule has 0 unspecified atom stereocenters. The van der Waals surface area contributed by atoms with Gasteiger partial charge in [0.25, 0.3) is 11.6 Å². The monoisotopic (exact) mass is 431 g/mol. The first kappa shape index (κ1) is 19.0. The number of nitrogens with zero attached hydrogens (tertiary/aromatic N) is 2. The SMILES string of the molecule is O=C(COc1ccc2c(c1Br)CCCC2)NN=Cc1cccc([N+](=O)[O-])c1. The molecule has 140 valence electrons. The second-order valence-electron chi connectivity index (χ2n) is 6.16. The Hall–Kier alpha value is -2.74. The zero-order chi connectivity index (χ0) is 19.2.